The zero-order valence-electron chi connectivity index (χ0n) is 11.7. The minimum Gasteiger partial charge on any atom is -0.396 e. The van der Waals surface area contributed by atoms with Crippen molar-refractivity contribution < 1.29 is 15.3 Å². The molecule has 2 aliphatic carbocycles. The van der Waals surface area contributed by atoms with E-state index in [1.54, 1.807) is 0 Å². The van der Waals surface area contributed by atoms with Gasteiger partial charge in [0, 0.05) is 5.92 Å². The third-order valence-corrected chi connectivity index (χ3v) is 5.73. The van der Waals surface area contributed by atoms with Gasteiger partial charge in [0.15, 0.2) is 0 Å². The molecule has 3 heteroatoms. The van der Waals surface area contributed by atoms with Gasteiger partial charge in [-0.1, -0.05) is 26.8 Å². The molecule has 0 aromatic heterocycles. The van der Waals surface area contributed by atoms with E-state index in [0.29, 0.717) is 5.92 Å². The summed E-state index contributed by atoms with van der Waals surface area (Å²) in [6.07, 6.45) is 4.42. The Kier molecular flexibility index (Phi) is 3.60. The molecule has 0 radical (unpaired) electrons. The van der Waals surface area contributed by atoms with Crippen molar-refractivity contribution in [3.8, 4) is 0 Å². The molecule has 1 fully saturated rings. The van der Waals surface area contributed by atoms with Gasteiger partial charge in [0.25, 0.3) is 0 Å². The van der Waals surface area contributed by atoms with E-state index in [9.17, 15) is 15.3 Å². The summed E-state index contributed by atoms with van der Waals surface area (Å²) in [7, 11) is 0. The Morgan fingerprint density at radius 2 is 1.94 bits per heavy atom. The van der Waals surface area contributed by atoms with Crippen molar-refractivity contribution in [1.82, 2.24) is 0 Å². The van der Waals surface area contributed by atoms with Gasteiger partial charge >= 0.3 is 0 Å². The van der Waals surface area contributed by atoms with Crippen molar-refractivity contribution in [3.63, 3.8) is 0 Å². The molecule has 2 rings (SSSR count). The van der Waals surface area contributed by atoms with Gasteiger partial charge in [-0.05, 0) is 41.6 Å². The van der Waals surface area contributed by atoms with Crippen LogP contribution in [0.3, 0.4) is 0 Å². The maximum Gasteiger partial charge on any atom is 0.0645 e. The highest BCUT2D eigenvalue weighted by molar-refractivity contribution is 5.21. The quantitative estimate of drug-likeness (QED) is 0.658. The summed E-state index contributed by atoms with van der Waals surface area (Å²) in [5, 5.41) is 29.4. The molecule has 3 N–H and O–H groups in total. The Morgan fingerprint density at radius 3 is 2.50 bits per heavy atom. The van der Waals surface area contributed by atoms with Crippen molar-refractivity contribution in [1.29, 1.82) is 0 Å². The number of fused-ring (bicyclic) bond motifs is 1. The van der Waals surface area contributed by atoms with Crippen LogP contribution in [0.5, 0.6) is 0 Å². The Hall–Kier alpha value is -0.380. The Morgan fingerprint density at radius 1 is 1.28 bits per heavy atom. The van der Waals surface area contributed by atoms with Crippen LogP contribution in [0.4, 0.5) is 0 Å². The van der Waals surface area contributed by atoms with E-state index in [0.717, 1.165) is 24.8 Å². The minimum absolute atomic E-state index is 0.00963. The van der Waals surface area contributed by atoms with Crippen LogP contribution < -0.4 is 0 Å². The van der Waals surface area contributed by atoms with E-state index in [1.807, 2.05) is 0 Å². The van der Waals surface area contributed by atoms with Crippen molar-refractivity contribution in [3.05, 3.63) is 11.6 Å². The first-order valence-electron chi connectivity index (χ1n) is 6.96. The molecule has 0 saturated heterocycles. The van der Waals surface area contributed by atoms with E-state index < -0.39 is 0 Å². The molecule has 2 aliphatic rings. The second kappa shape index (κ2) is 4.62. The standard InChI is InChI=1S/C15H26O3/c1-14(2)12-5-4-10(8-16)11(9-17)15(12,3)7-6-13(14)18/h4,11-13,16-18H,5-9H2,1-3H3. The summed E-state index contributed by atoms with van der Waals surface area (Å²) in [5.41, 5.74) is 0.839. The zero-order valence-corrected chi connectivity index (χ0v) is 11.7. The number of hydrogen-bond donors (Lipinski definition) is 3. The van der Waals surface area contributed by atoms with Crippen molar-refractivity contribution in [2.45, 2.75) is 46.1 Å². The molecule has 4 unspecified atom stereocenters. The fraction of sp³-hybridized carbons (Fsp3) is 0.867. The first-order chi connectivity index (χ1) is 8.37. The highest BCUT2D eigenvalue weighted by Gasteiger charge is 2.55. The smallest absolute Gasteiger partial charge is 0.0645 e. The number of hydrogen-bond acceptors (Lipinski definition) is 3. The molecule has 4 atom stereocenters. The molecule has 0 aliphatic heterocycles. The Bertz CT molecular complexity index is 348. The van der Waals surface area contributed by atoms with Gasteiger partial charge in [-0.2, -0.15) is 0 Å². The van der Waals surface area contributed by atoms with Crippen LogP contribution in [-0.4, -0.2) is 34.6 Å². The summed E-state index contributed by atoms with van der Waals surface area (Å²) in [4.78, 5) is 0. The number of aliphatic hydroxyl groups excluding tert-OH is 3. The van der Waals surface area contributed by atoms with Crippen molar-refractivity contribution in [2.75, 3.05) is 13.2 Å². The lowest BCUT2D eigenvalue weighted by atomic mass is 9.48. The van der Waals surface area contributed by atoms with Gasteiger partial charge < -0.3 is 15.3 Å². The SMILES string of the molecule is CC1(C)C(O)CCC2(C)C(CO)C(CO)=CCC12. The molecule has 1 saturated carbocycles. The number of rotatable bonds is 2. The molecule has 0 aromatic carbocycles. The highest BCUT2D eigenvalue weighted by Crippen LogP contribution is 2.59. The fourth-order valence-electron chi connectivity index (χ4n) is 4.40. The van der Waals surface area contributed by atoms with E-state index in [4.69, 9.17) is 0 Å². The molecule has 0 heterocycles. The normalized spacial score (nSPS) is 43.2. The topological polar surface area (TPSA) is 60.7 Å². The summed E-state index contributed by atoms with van der Waals surface area (Å²) >= 11 is 0. The third-order valence-electron chi connectivity index (χ3n) is 5.73. The average molecular weight is 254 g/mol. The van der Waals surface area contributed by atoms with Gasteiger partial charge in [0.2, 0.25) is 0 Å². The highest BCUT2D eigenvalue weighted by atomic mass is 16.3. The first kappa shape index (κ1) is 14.0. The molecule has 0 aromatic rings. The van der Waals surface area contributed by atoms with Gasteiger partial charge in [0.05, 0.1) is 19.3 Å². The second-order valence-corrected chi connectivity index (χ2v) is 6.84. The number of allylic oxidation sites excluding steroid dienone is 1. The molecule has 18 heavy (non-hydrogen) atoms. The lowest BCUT2D eigenvalue weighted by Crippen LogP contribution is -2.55. The molecule has 0 amide bonds. The number of aliphatic hydroxyl groups is 3. The van der Waals surface area contributed by atoms with E-state index in [-0.39, 0.29) is 36.1 Å². The molecule has 0 spiro atoms. The monoisotopic (exact) mass is 254 g/mol. The molecule has 104 valence electrons. The van der Waals surface area contributed by atoms with E-state index in [1.165, 1.54) is 0 Å². The third kappa shape index (κ3) is 1.84. The van der Waals surface area contributed by atoms with Gasteiger partial charge in [-0.3, -0.25) is 0 Å². The summed E-state index contributed by atoms with van der Waals surface area (Å²) in [6, 6.07) is 0. The van der Waals surface area contributed by atoms with Gasteiger partial charge in [0.1, 0.15) is 0 Å². The van der Waals surface area contributed by atoms with Gasteiger partial charge in [-0.15, -0.1) is 0 Å². The lowest BCUT2D eigenvalue weighted by Gasteiger charge is -2.58. The minimum atomic E-state index is -0.265. The Labute approximate surface area is 110 Å². The van der Waals surface area contributed by atoms with E-state index in [2.05, 4.69) is 26.8 Å². The predicted octanol–water partition coefficient (Wildman–Crippen LogP) is 1.72. The van der Waals surface area contributed by atoms with Crippen LogP contribution in [0.1, 0.15) is 40.0 Å². The summed E-state index contributed by atoms with van der Waals surface area (Å²) < 4.78 is 0. The van der Waals surface area contributed by atoms with Crippen LogP contribution in [0.25, 0.3) is 0 Å². The maximum atomic E-state index is 10.2. The predicted molar refractivity (Wildman–Crippen MR) is 71.0 cm³/mol. The first-order valence-corrected chi connectivity index (χ1v) is 6.96. The van der Waals surface area contributed by atoms with Gasteiger partial charge in [-0.25, -0.2) is 0 Å². The zero-order chi connectivity index (χ0) is 13.6. The van der Waals surface area contributed by atoms with Crippen LogP contribution >= 0.6 is 0 Å². The fourth-order valence-corrected chi connectivity index (χ4v) is 4.40. The molecule has 0 bridgehead atoms. The van der Waals surface area contributed by atoms with Crippen LogP contribution in [0.2, 0.25) is 0 Å². The largest absolute Gasteiger partial charge is 0.396 e. The van der Waals surface area contributed by atoms with Crippen molar-refractivity contribution in [2.24, 2.45) is 22.7 Å². The van der Waals surface area contributed by atoms with Crippen molar-refractivity contribution >= 4 is 0 Å². The summed E-state index contributed by atoms with van der Waals surface area (Å²) in [5.74, 6) is 0.397. The molecular formula is C15H26O3. The van der Waals surface area contributed by atoms with Crippen LogP contribution in [0, 0.1) is 22.7 Å². The van der Waals surface area contributed by atoms with Crippen LogP contribution in [-0.2, 0) is 0 Å². The lowest BCUT2D eigenvalue weighted by molar-refractivity contribution is -0.122. The van der Waals surface area contributed by atoms with Crippen LogP contribution in [0.15, 0.2) is 11.6 Å². The summed E-state index contributed by atoms with van der Waals surface area (Å²) in [6.45, 7) is 6.61. The second-order valence-electron chi connectivity index (χ2n) is 6.84. The van der Waals surface area contributed by atoms with E-state index >= 15 is 0 Å². The Balaban J connectivity index is 2.41. The maximum absolute atomic E-state index is 10.2. The molecular weight excluding hydrogens is 228 g/mol. The molecule has 3 nitrogen and oxygen atoms in total. The average Bonchev–Trinajstić information content (AvgIpc) is 2.33.